The van der Waals surface area contributed by atoms with Crippen LogP contribution < -0.4 is 5.32 Å². The van der Waals surface area contributed by atoms with Gasteiger partial charge in [-0.2, -0.15) is 0 Å². The molecule has 122 valence electrons. The Morgan fingerprint density at radius 1 is 1.29 bits per heavy atom. The van der Waals surface area contributed by atoms with Gasteiger partial charge in [0.15, 0.2) is 0 Å². The van der Waals surface area contributed by atoms with Crippen LogP contribution in [0.1, 0.15) is 44.6 Å². The SMILES string of the molecule is Cc1cc(S(=O)(=O)N(C)CCC(C)C)sc1CNC(C)C. The van der Waals surface area contributed by atoms with Crippen molar-refractivity contribution in [3.05, 3.63) is 16.5 Å². The highest BCUT2D eigenvalue weighted by Gasteiger charge is 2.24. The zero-order valence-corrected chi connectivity index (χ0v) is 15.6. The third-order valence-electron chi connectivity index (χ3n) is 3.35. The molecule has 0 aliphatic heterocycles. The molecule has 0 unspecified atom stereocenters. The standard InChI is InChI=1S/C15H28N2O2S2/c1-11(2)7-8-17(6)21(18,19)15-9-13(5)14(20-15)10-16-12(3)4/h9,11-12,16H,7-8,10H2,1-6H3. The molecular formula is C15H28N2O2S2. The first-order valence-corrected chi connectivity index (χ1v) is 9.69. The number of thiophene rings is 1. The van der Waals surface area contributed by atoms with Crippen molar-refractivity contribution in [2.75, 3.05) is 13.6 Å². The maximum Gasteiger partial charge on any atom is 0.252 e. The molecule has 0 aliphatic carbocycles. The van der Waals surface area contributed by atoms with E-state index >= 15 is 0 Å². The highest BCUT2D eigenvalue weighted by molar-refractivity contribution is 7.91. The Morgan fingerprint density at radius 3 is 2.43 bits per heavy atom. The summed E-state index contributed by atoms with van der Waals surface area (Å²) in [7, 11) is -1.69. The molecular weight excluding hydrogens is 304 g/mol. The minimum Gasteiger partial charge on any atom is -0.310 e. The van der Waals surface area contributed by atoms with Gasteiger partial charge in [-0.05, 0) is 30.9 Å². The van der Waals surface area contributed by atoms with Gasteiger partial charge in [-0.25, -0.2) is 12.7 Å². The molecule has 0 bridgehead atoms. The van der Waals surface area contributed by atoms with Crippen LogP contribution in [0.15, 0.2) is 10.3 Å². The normalized spacial score (nSPS) is 12.8. The van der Waals surface area contributed by atoms with Gasteiger partial charge < -0.3 is 5.32 Å². The van der Waals surface area contributed by atoms with Crippen LogP contribution in [0.5, 0.6) is 0 Å². The van der Waals surface area contributed by atoms with Gasteiger partial charge in [0.25, 0.3) is 10.0 Å². The van der Waals surface area contributed by atoms with E-state index in [4.69, 9.17) is 0 Å². The van der Waals surface area contributed by atoms with Crippen LogP contribution in [0.25, 0.3) is 0 Å². The summed E-state index contributed by atoms with van der Waals surface area (Å²) in [6.45, 7) is 11.6. The number of aryl methyl sites for hydroxylation is 1. The second-order valence-corrected chi connectivity index (χ2v) is 9.62. The van der Waals surface area contributed by atoms with Crippen LogP contribution in [0.3, 0.4) is 0 Å². The number of hydrogen-bond donors (Lipinski definition) is 1. The van der Waals surface area contributed by atoms with Crippen molar-refractivity contribution in [3.8, 4) is 0 Å². The van der Waals surface area contributed by atoms with Crippen molar-refractivity contribution in [1.82, 2.24) is 9.62 Å². The molecule has 0 amide bonds. The first-order chi connectivity index (χ1) is 9.64. The predicted molar refractivity (Wildman–Crippen MR) is 90.3 cm³/mol. The minimum atomic E-state index is -3.35. The van der Waals surface area contributed by atoms with E-state index in [9.17, 15) is 8.42 Å². The van der Waals surface area contributed by atoms with Gasteiger partial charge >= 0.3 is 0 Å². The van der Waals surface area contributed by atoms with Gasteiger partial charge in [0, 0.05) is 31.1 Å². The number of nitrogens with zero attached hydrogens (tertiary/aromatic N) is 1. The van der Waals surface area contributed by atoms with E-state index in [1.807, 2.05) is 6.92 Å². The van der Waals surface area contributed by atoms with Gasteiger partial charge in [-0.1, -0.05) is 27.7 Å². The third kappa shape index (κ3) is 5.36. The van der Waals surface area contributed by atoms with Crippen molar-refractivity contribution >= 4 is 21.4 Å². The number of sulfonamides is 1. The molecule has 1 N–H and O–H groups in total. The average molecular weight is 333 g/mol. The largest absolute Gasteiger partial charge is 0.310 e. The fourth-order valence-corrected chi connectivity index (χ4v) is 4.74. The Kier molecular flexibility index (Phi) is 6.84. The van der Waals surface area contributed by atoms with E-state index < -0.39 is 10.0 Å². The summed E-state index contributed by atoms with van der Waals surface area (Å²) in [5, 5.41) is 3.34. The molecule has 1 aromatic heterocycles. The summed E-state index contributed by atoms with van der Waals surface area (Å²) >= 11 is 1.38. The molecule has 6 heteroatoms. The van der Waals surface area contributed by atoms with Gasteiger partial charge in [0.2, 0.25) is 0 Å². The predicted octanol–water partition coefficient (Wildman–Crippen LogP) is 3.22. The van der Waals surface area contributed by atoms with Crippen LogP contribution in [-0.2, 0) is 16.6 Å². The van der Waals surface area contributed by atoms with Crippen LogP contribution in [0.2, 0.25) is 0 Å². The van der Waals surface area contributed by atoms with Gasteiger partial charge in [-0.3, -0.25) is 0 Å². The van der Waals surface area contributed by atoms with Crippen molar-refractivity contribution < 1.29 is 8.42 Å². The highest BCUT2D eigenvalue weighted by atomic mass is 32.2. The van der Waals surface area contributed by atoms with E-state index in [2.05, 4.69) is 33.0 Å². The highest BCUT2D eigenvalue weighted by Crippen LogP contribution is 2.28. The molecule has 0 saturated carbocycles. The third-order valence-corrected chi connectivity index (χ3v) is 6.90. The molecule has 0 saturated heterocycles. The van der Waals surface area contributed by atoms with Crippen LogP contribution in [0, 0.1) is 12.8 Å². The Labute approximate surface area is 133 Å². The molecule has 0 aliphatic rings. The zero-order chi connectivity index (χ0) is 16.2. The monoisotopic (exact) mass is 332 g/mol. The topological polar surface area (TPSA) is 49.4 Å². The molecule has 1 rings (SSSR count). The molecule has 21 heavy (non-hydrogen) atoms. The summed E-state index contributed by atoms with van der Waals surface area (Å²) in [5.74, 6) is 0.499. The van der Waals surface area contributed by atoms with Crippen molar-refractivity contribution in [2.45, 2.75) is 57.8 Å². The van der Waals surface area contributed by atoms with Gasteiger partial charge in [-0.15, -0.1) is 11.3 Å². The van der Waals surface area contributed by atoms with Crippen LogP contribution in [0.4, 0.5) is 0 Å². The molecule has 0 fully saturated rings. The van der Waals surface area contributed by atoms with Crippen molar-refractivity contribution in [2.24, 2.45) is 5.92 Å². The molecule has 0 radical (unpaired) electrons. The Morgan fingerprint density at radius 2 is 1.90 bits per heavy atom. The second-order valence-electron chi connectivity index (χ2n) is 6.22. The fourth-order valence-electron chi connectivity index (χ4n) is 1.80. The smallest absolute Gasteiger partial charge is 0.252 e. The van der Waals surface area contributed by atoms with E-state index in [0.29, 0.717) is 22.7 Å². The Balaban J connectivity index is 2.86. The summed E-state index contributed by atoms with van der Waals surface area (Å²) in [6, 6.07) is 2.18. The summed E-state index contributed by atoms with van der Waals surface area (Å²) in [4.78, 5) is 1.10. The van der Waals surface area contributed by atoms with E-state index in [1.165, 1.54) is 15.6 Å². The molecule has 1 heterocycles. The van der Waals surface area contributed by atoms with Gasteiger partial charge in [0.05, 0.1) is 0 Å². The van der Waals surface area contributed by atoms with Gasteiger partial charge in [0.1, 0.15) is 4.21 Å². The Hall–Kier alpha value is -0.430. The second kappa shape index (κ2) is 7.72. The summed E-state index contributed by atoms with van der Waals surface area (Å²) in [6.07, 6.45) is 0.877. The van der Waals surface area contributed by atoms with E-state index in [-0.39, 0.29) is 0 Å². The zero-order valence-electron chi connectivity index (χ0n) is 13.9. The molecule has 4 nitrogen and oxygen atoms in total. The average Bonchev–Trinajstić information content (AvgIpc) is 2.75. The lowest BCUT2D eigenvalue weighted by molar-refractivity contribution is 0.429. The first kappa shape index (κ1) is 18.6. The van der Waals surface area contributed by atoms with E-state index in [0.717, 1.165) is 23.4 Å². The lowest BCUT2D eigenvalue weighted by Gasteiger charge is -2.17. The van der Waals surface area contributed by atoms with E-state index in [1.54, 1.807) is 13.1 Å². The first-order valence-electron chi connectivity index (χ1n) is 7.43. The van der Waals surface area contributed by atoms with Crippen molar-refractivity contribution in [3.63, 3.8) is 0 Å². The summed E-state index contributed by atoms with van der Waals surface area (Å²) in [5.41, 5.74) is 1.05. The number of hydrogen-bond acceptors (Lipinski definition) is 4. The molecule has 0 atom stereocenters. The van der Waals surface area contributed by atoms with Crippen LogP contribution >= 0.6 is 11.3 Å². The molecule has 0 spiro atoms. The molecule has 1 aromatic rings. The lowest BCUT2D eigenvalue weighted by Crippen LogP contribution is -2.28. The maximum atomic E-state index is 12.6. The fraction of sp³-hybridized carbons (Fsp3) is 0.733. The quantitative estimate of drug-likeness (QED) is 0.795. The number of nitrogens with one attached hydrogen (secondary N) is 1. The summed E-state index contributed by atoms with van der Waals surface area (Å²) < 4.78 is 27.0. The lowest BCUT2D eigenvalue weighted by atomic mass is 10.1. The van der Waals surface area contributed by atoms with Crippen LogP contribution in [-0.4, -0.2) is 32.4 Å². The number of rotatable bonds is 8. The van der Waals surface area contributed by atoms with Crippen molar-refractivity contribution in [1.29, 1.82) is 0 Å². The molecule has 0 aromatic carbocycles. The minimum absolute atomic E-state index is 0.389. The Bertz CT molecular complexity index is 548. The maximum absolute atomic E-state index is 12.6.